The third kappa shape index (κ3) is 4.55. The van der Waals surface area contributed by atoms with Crippen LogP contribution in [0.3, 0.4) is 0 Å². The number of hydrogen-bond acceptors (Lipinski definition) is 3. The molecule has 0 saturated carbocycles. The van der Waals surface area contributed by atoms with Gasteiger partial charge >= 0.3 is 12.3 Å². The molecule has 1 N–H and O–H groups in total. The van der Waals surface area contributed by atoms with Crippen molar-refractivity contribution in [2.75, 3.05) is 11.9 Å². The van der Waals surface area contributed by atoms with Gasteiger partial charge in [-0.3, -0.25) is 4.79 Å². The fourth-order valence-corrected chi connectivity index (χ4v) is 3.14. The zero-order valence-corrected chi connectivity index (χ0v) is 16.6. The summed E-state index contributed by atoms with van der Waals surface area (Å²) in [5, 5.41) is 3.48. The molecule has 0 fully saturated rings. The first kappa shape index (κ1) is 21.6. The normalized spacial score (nSPS) is 12.9. The van der Waals surface area contributed by atoms with Crippen LogP contribution < -0.4 is 10.1 Å². The molecular weight excluding hydrogens is 402 g/mol. The van der Waals surface area contributed by atoms with E-state index in [4.69, 9.17) is 4.74 Å². The van der Waals surface area contributed by atoms with Gasteiger partial charge in [0.15, 0.2) is 6.61 Å². The fraction of sp³-hybridized carbons (Fsp3) is 0.333. The predicted molar refractivity (Wildman–Crippen MR) is 105 cm³/mol. The molecule has 0 aliphatic rings. The van der Waals surface area contributed by atoms with Crippen LogP contribution in [0, 0.1) is 6.92 Å². The van der Waals surface area contributed by atoms with Gasteiger partial charge < -0.3 is 14.6 Å². The van der Waals surface area contributed by atoms with E-state index >= 15 is 0 Å². The molecule has 0 spiro atoms. The lowest BCUT2D eigenvalue weighted by molar-refractivity contribution is -0.148. The van der Waals surface area contributed by atoms with Crippen molar-refractivity contribution in [1.29, 1.82) is 0 Å². The Morgan fingerprint density at radius 2 is 2.00 bits per heavy atom. The highest BCUT2D eigenvalue weighted by Gasteiger charge is 2.41. The van der Waals surface area contributed by atoms with Crippen LogP contribution in [0.15, 0.2) is 42.7 Å². The number of nitrogens with one attached hydrogen (secondary N) is 1. The molecule has 1 amide bonds. The van der Waals surface area contributed by atoms with Crippen molar-refractivity contribution >= 4 is 22.6 Å². The number of aromatic nitrogens is 2. The summed E-state index contributed by atoms with van der Waals surface area (Å²) in [5.41, 5.74) is 2.12. The summed E-state index contributed by atoms with van der Waals surface area (Å²) in [6.07, 6.45) is -0.381. The van der Waals surface area contributed by atoms with Gasteiger partial charge in [-0.05, 0) is 49.2 Å². The van der Waals surface area contributed by atoms with Crippen LogP contribution in [0.1, 0.15) is 31.0 Å². The SMILES string of the molecule is CC(=O)Nc1cc(C(C)n2ccc3cc(C)c(OCC(F)(F)C(F)F)cc32)ccn1. The molecule has 0 aliphatic heterocycles. The molecule has 0 bridgehead atoms. The zero-order chi connectivity index (χ0) is 22.1. The van der Waals surface area contributed by atoms with E-state index in [1.54, 1.807) is 37.4 Å². The number of halogens is 4. The number of nitrogens with zero attached hydrogens (tertiary/aromatic N) is 2. The highest BCUT2D eigenvalue weighted by atomic mass is 19.3. The second-order valence-corrected chi connectivity index (χ2v) is 7.08. The molecule has 5 nitrogen and oxygen atoms in total. The van der Waals surface area contributed by atoms with Crippen molar-refractivity contribution in [3.63, 3.8) is 0 Å². The molecule has 30 heavy (non-hydrogen) atoms. The lowest BCUT2D eigenvalue weighted by Crippen LogP contribution is -2.33. The van der Waals surface area contributed by atoms with Crippen LogP contribution in [0.5, 0.6) is 5.75 Å². The number of fused-ring (bicyclic) bond motifs is 1. The van der Waals surface area contributed by atoms with E-state index in [9.17, 15) is 22.4 Å². The van der Waals surface area contributed by atoms with Gasteiger partial charge in [-0.25, -0.2) is 13.8 Å². The van der Waals surface area contributed by atoms with E-state index in [-0.39, 0.29) is 17.7 Å². The second-order valence-electron chi connectivity index (χ2n) is 7.08. The number of pyridine rings is 1. The summed E-state index contributed by atoms with van der Waals surface area (Å²) in [4.78, 5) is 15.4. The summed E-state index contributed by atoms with van der Waals surface area (Å²) in [5.74, 6) is -3.94. The average Bonchev–Trinajstić information content (AvgIpc) is 3.07. The van der Waals surface area contributed by atoms with Gasteiger partial charge in [0.2, 0.25) is 5.91 Å². The molecule has 160 valence electrons. The Morgan fingerprint density at radius 1 is 1.27 bits per heavy atom. The van der Waals surface area contributed by atoms with Crippen molar-refractivity contribution in [1.82, 2.24) is 9.55 Å². The van der Waals surface area contributed by atoms with Crippen LogP contribution in [-0.4, -0.2) is 34.4 Å². The summed E-state index contributed by atoms with van der Waals surface area (Å²) in [6, 6.07) is 8.55. The Labute approximate surface area is 170 Å². The highest BCUT2D eigenvalue weighted by Crippen LogP contribution is 2.32. The molecule has 3 rings (SSSR count). The van der Waals surface area contributed by atoms with E-state index in [1.807, 2.05) is 23.8 Å². The van der Waals surface area contributed by atoms with Crippen molar-refractivity contribution in [2.45, 2.75) is 39.2 Å². The molecular formula is C21H21F4N3O2. The number of anilines is 1. The van der Waals surface area contributed by atoms with Crippen LogP contribution in [0.4, 0.5) is 23.4 Å². The molecule has 2 heterocycles. The quantitative estimate of drug-likeness (QED) is 0.532. The molecule has 9 heteroatoms. The summed E-state index contributed by atoms with van der Waals surface area (Å²) in [6.45, 7) is 3.58. The van der Waals surface area contributed by atoms with Gasteiger partial charge in [0.25, 0.3) is 0 Å². The van der Waals surface area contributed by atoms with Crippen LogP contribution in [-0.2, 0) is 4.79 Å². The minimum Gasteiger partial charge on any atom is -0.487 e. The predicted octanol–water partition coefficient (Wildman–Crippen LogP) is 5.19. The topological polar surface area (TPSA) is 56.2 Å². The summed E-state index contributed by atoms with van der Waals surface area (Å²) < 4.78 is 58.3. The number of carbonyl (C=O) groups is 1. The minimum absolute atomic E-state index is 0.114. The molecule has 3 aromatic rings. The molecule has 1 unspecified atom stereocenters. The van der Waals surface area contributed by atoms with E-state index in [1.165, 1.54) is 6.92 Å². The average molecular weight is 423 g/mol. The fourth-order valence-electron chi connectivity index (χ4n) is 3.14. The maximum atomic E-state index is 13.3. The Kier molecular flexibility index (Phi) is 6.00. The van der Waals surface area contributed by atoms with Gasteiger partial charge in [0, 0.05) is 30.8 Å². The first-order valence-corrected chi connectivity index (χ1v) is 9.22. The van der Waals surface area contributed by atoms with Gasteiger partial charge in [0.1, 0.15) is 11.6 Å². The monoisotopic (exact) mass is 423 g/mol. The number of benzene rings is 1. The largest absolute Gasteiger partial charge is 0.487 e. The Bertz CT molecular complexity index is 1070. The van der Waals surface area contributed by atoms with Crippen molar-refractivity contribution in [2.24, 2.45) is 0 Å². The zero-order valence-electron chi connectivity index (χ0n) is 16.6. The van der Waals surface area contributed by atoms with Gasteiger partial charge in [0.05, 0.1) is 11.6 Å². The first-order chi connectivity index (χ1) is 14.1. The van der Waals surface area contributed by atoms with Crippen LogP contribution in [0.2, 0.25) is 0 Å². The van der Waals surface area contributed by atoms with Gasteiger partial charge in [-0.2, -0.15) is 8.78 Å². The van der Waals surface area contributed by atoms with Crippen molar-refractivity contribution in [3.8, 4) is 5.75 Å². The number of hydrogen-bond donors (Lipinski definition) is 1. The number of ether oxygens (including phenoxy) is 1. The summed E-state index contributed by atoms with van der Waals surface area (Å²) in [7, 11) is 0. The van der Waals surface area contributed by atoms with Crippen molar-refractivity contribution in [3.05, 3.63) is 53.9 Å². The van der Waals surface area contributed by atoms with Crippen LogP contribution in [0.25, 0.3) is 10.9 Å². The van der Waals surface area contributed by atoms with Crippen molar-refractivity contribution < 1.29 is 27.1 Å². The number of carbonyl (C=O) groups excluding carboxylic acids is 1. The highest BCUT2D eigenvalue weighted by molar-refractivity contribution is 5.87. The van der Waals surface area contributed by atoms with E-state index in [2.05, 4.69) is 10.3 Å². The molecule has 0 radical (unpaired) electrons. The number of amides is 1. The maximum absolute atomic E-state index is 13.3. The standard InChI is InChI=1S/C21H21F4N3O2/c1-12-8-16-5-7-28(13(2)15-4-6-26-19(9-15)27-14(3)29)17(16)10-18(12)30-11-21(24,25)20(22)23/h4-10,13,20H,11H2,1-3H3,(H,26,27,29). The molecule has 0 saturated heterocycles. The maximum Gasteiger partial charge on any atom is 0.340 e. The molecule has 1 aromatic carbocycles. The van der Waals surface area contributed by atoms with Crippen LogP contribution >= 0.6 is 0 Å². The lowest BCUT2D eigenvalue weighted by atomic mass is 10.1. The molecule has 1 atom stereocenters. The minimum atomic E-state index is -4.23. The third-order valence-electron chi connectivity index (χ3n) is 4.74. The second kappa shape index (κ2) is 8.33. The van der Waals surface area contributed by atoms with Gasteiger partial charge in [-0.15, -0.1) is 0 Å². The Hall–Kier alpha value is -3.10. The molecule has 2 aromatic heterocycles. The van der Waals surface area contributed by atoms with E-state index in [0.717, 1.165) is 10.9 Å². The Morgan fingerprint density at radius 3 is 2.67 bits per heavy atom. The lowest BCUT2D eigenvalue weighted by Gasteiger charge is -2.19. The Balaban J connectivity index is 1.92. The smallest absolute Gasteiger partial charge is 0.340 e. The summed E-state index contributed by atoms with van der Waals surface area (Å²) >= 11 is 0. The van der Waals surface area contributed by atoms with E-state index in [0.29, 0.717) is 16.9 Å². The first-order valence-electron chi connectivity index (χ1n) is 9.22. The molecule has 0 aliphatic carbocycles. The third-order valence-corrected chi connectivity index (χ3v) is 4.74. The number of aryl methyl sites for hydroxylation is 1. The number of rotatable bonds is 7. The number of alkyl halides is 4. The van der Waals surface area contributed by atoms with E-state index < -0.39 is 19.0 Å². The van der Waals surface area contributed by atoms with Gasteiger partial charge in [-0.1, -0.05) is 0 Å².